The third kappa shape index (κ3) is 4.57. The minimum absolute atomic E-state index is 0.0736. The van der Waals surface area contributed by atoms with Crippen molar-refractivity contribution in [1.82, 2.24) is 20.1 Å². The third-order valence-electron chi connectivity index (χ3n) is 6.13. The van der Waals surface area contributed by atoms with Crippen molar-refractivity contribution in [2.75, 3.05) is 35.7 Å². The van der Waals surface area contributed by atoms with E-state index < -0.39 is 10.8 Å². The summed E-state index contributed by atoms with van der Waals surface area (Å²) in [5, 5.41) is 4.06. The molecule has 33 heavy (non-hydrogen) atoms. The molecule has 0 amide bonds. The van der Waals surface area contributed by atoms with Gasteiger partial charge in [-0.1, -0.05) is 19.0 Å². The van der Waals surface area contributed by atoms with Crippen LogP contribution in [0.2, 0.25) is 0 Å². The monoisotopic (exact) mass is 468 g/mol. The molecule has 2 aromatic heterocycles. The van der Waals surface area contributed by atoms with Gasteiger partial charge in [-0.15, -0.1) is 0 Å². The van der Waals surface area contributed by atoms with E-state index in [1.807, 2.05) is 24.3 Å². The van der Waals surface area contributed by atoms with Crippen LogP contribution in [0.3, 0.4) is 0 Å². The van der Waals surface area contributed by atoms with E-state index in [0.717, 1.165) is 61.1 Å². The molecule has 0 spiro atoms. The smallest absolute Gasteiger partial charge is 0.324 e. The van der Waals surface area contributed by atoms with Crippen molar-refractivity contribution in [2.45, 2.75) is 50.0 Å². The highest BCUT2D eigenvalue weighted by Crippen LogP contribution is 2.35. The zero-order chi connectivity index (χ0) is 22.9. The van der Waals surface area contributed by atoms with E-state index >= 15 is 0 Å². The van der Waals surface area contributed by atoms with Gasteiger partial charge in [-0.05, 0) is 30.2 Å². The largest absolute Gasteiger partial charge is 0.474 e. The lowest BCUT2D eigenvalue weighted by molar-refractivity contribution is 0.161. The van der Waals surface area contributed by atoms with Crippen LogP contribution in [0.25, 0.3) is 0 Å². The minimum atomic E-state index is -0.982. The second kappa shape index (κ2) is 9.09. The second-order valence-electron chi connectivity index (χ2n) is 8.75. The Balaban J connectivity index is 1.23. The highest BCUT2D eigenvalue weighted by molar-refractivity contribution is 7.84. The van der Waals surface area contributed by atoms with Gasteiger partial charge in [0.2, 0.25) is 5.88 Å². The van der Waals surface area contributed by atoms with Gasteiger partial charge in [0.15, 0.2) is 5.82 Å². The first kappa shape index (κ1) is 21.8. The molecule has 174 valence electrons. The summed E-state index contributed by atoms with van der Waals surface area (Å²) >= 11 is 0. The number of anilines is 3. The Labute approximate surface area is 195 Å². The van der Waals surface area contributed by atoms with E-state index in [4.69, 9.17) is 9.26 Å². The van der Waals surface area contributed by atoms with Crippen LogP contribution in [0.1, 0.15) is 44.0 Å². The third-order valence-corrected chi connectivity index (χ3v) is 7.05. The zero-order valence-electron chi connectivity index (χ0n) is 19.1. The quantitative estimate of drug-likeness (QED) is 0.539. The lowest BCUT2D eigenvalue weighted by Crippen LogP contribution is -2.38. The van der Waals surface area contributed by atoms with Gasteiger partial charge < -0.3 is 19.1 Å². The van der Waals surface area contributed by atoms with E-state index in [-0.39, 0.29) is 12.0 Å². The summed E-state index contributed by atoms with van der Waals surface area (Å²) in [6.07, 6.45) is 5.93. The number of rotatable bonds is 6. The molecule has 0 N–H and O–H groups in total. The van der Waals surface area contributed by atoms with Gasteiger partial charge in [-0.3, -0.25) is 4.21 Å². The molecular weight excluding hydrogens is 440 g/mol. The Kier molecular flexibility index (Phi) is 6.01. The Hall–Kier alpha value is -3.01. The van der Waals surface area contributed by atoms with Crippen LogP contribution < -0.4 is 14.5 Å². The molecule has 3 aromatic rings. The highest BCUT2D eigenvalue weighted by atomic mass is 32.2. The number of benzene rings is 1. The summed E-state index contributed by atoms with van der Waals surface area (Å²) in [4.78, 5) is 18.5. The van der Waals surface area contributed by atoms with Crippen molar-refractivity contribution in [2.24, 2.45) is 0 Å². The summed E-state index contributed by atoms with van der Waals surface area (Å²) in [5.41, 5.74) is 2.29. The molecule has 2 aliphatic heterocycles. The first-order chi connectivity index (χ1) is 16.0. The molecule has 1 saturated heterocycles. The van der Waals surface area contributed by atoms with Crippen molar-refractivity contribution in [3.63, 3.8) is 0 Å². The molecule has 0 aliphatic carbocycles. The van der Waals surface area contributed by atoms with Gasteiger partial charge in [0, 0.05) is 72.1 Å². The number of fused-ring (bicyclic) bond motifs is 1. The topological polar surface area (TPSA) is 97.5 Å². The van der Waals surface area contributed by atoms with Crippen LogP contribution in [0, 0.1) is 0 Å². The number of hydrogen-bond acceptors (Lipinski definition) is 9. The molecule has 0 saturated carbocycles. The fourth-order valence-electron chi connectivity index (χ4n) is 4.26. The van der Waals surface area contributed by atoms with Crippen molar-refractivity contribution in [3.8, 4) is 5.88 Å². The first-order valence-electron chi connectivity index (χ1n) is 11.3. The van der Waals surface area contributed by atoms with Gasteiger partial charge in [0.25, 0.3) is 0 Å². The molecule has 1 unspecified atom stereocenters. The predicted molar refractivity (Wildman–Crippen MR) is 126 cm³/mol. The molecule has 5 rings (SSSR count). The predicted octanol–water partition coefficient (Wildman–Crippen LogP) is 3.46. The Bertz CT molecular complexity index is 1160. The number of nitrogens with zero attached hydrogens (tertiary/aromatic N) is 6. The molecule has 4 heterocycles. The number of aromatic nitrogens is 4. The first-order valence-corrected chi connectivity index (χ1v) is 12.8. The van der Waals surface area contributed by atoms with Crippen molar-refractivity contribution in [3.05, 3.63) is 42.0 Å². The van der Waals surface area contributed by atoms with Gasteiger partial charge in [-0.2, -0.15) is 4.98 Å². The van der Waals surface area contributed by atoms with Gasteiger partial charge in [-0.25, -0.2) is 9.97 Å². The summed E-state index contributed by atoms with van der Waals surface area (Å²) in [7, 11) is -0.982. The average Bonchev–Trinajstić information content (AvgIpc) is 3.47. The molecule has 2 aliphatic rings. The number of ether oxygens (including phenoxy) is 1. The Morgan fingerprint density at radius 2 is 1.97 bits per heavy atom. The van der Waals surface area contributed by atoms with Crippen molar-refractivity contribution < 1.29 is 13.5 Å². The fraction of sp³-hybridized carbons (Fsp3) is 0.478. The summed E-state index contributed by atoms with van der Waals surface area (Å²) in [5.74, 6) is 2.38. The van der Waals surface area contributed by atoms with Crippen LogP contribution in [-0.2, 0) is 17.2 Å². The Morgan fingerprint density at radius 3 is 2.70 bits per heavy atom. The van der Waals surface area contributed by atoms with E-state index in [0.29, 0.717) is 11.9 Å². The van der Waals surface area contributed by atoms with Crippen molar-refractivity contribution in [1.29, 1.82) is 0 Å². The van der Waals surface area contributed by atoms with Crippen LogP contribution in [0.15, 0.2) is 40.0 Å². The van der Waals surface area contributed by atoms with Crippen LogP contribution in [0.5, 0.6) is 5.88 Å². The molecule has 10 heteroatoms. The molecule has 1 aromatic carbocycles. The number of piperidine rings is 1. The van der Waals surface area contributed by atoms with Crippen LogP contribution >= 0.6 is 0 Å². The molecule has 9 nitrogen and oxygen atoms in total. The second-order valence-corrected chi connectivity index (χ2v) is 10.1. The van der Waals surface area contributed by atoms with E-state index in [2.05, 4.69) is 43.8 Å². The molecule has 0 radical (unpaired) electrons. The number of hydrogen-bond donors (Lipinski definition) is 0. The van der Waals surface area contributed by atoms with Gasteiger partial charge in [0.1, 0.15) is 18.2 Å². The zero-order valence-corrected chi connectivity index (χ0v) is 19.9. The average molecular weight is 469 g/mol. The lowest BCUT2D eigenvalue weighted by atomic mass is 10.1. The molecule has 1 fully saturated rings. The summed E-state index contributed by atoms with van der Waals surface area (Å²) in [6.45, 7) is 6.52. The van der Waals surface area contributed by atoms with E-state index in [1.165, 1.54) is 5.56 Å². The summed E-state index contributed by atoms with van der Waals surface area (Å²) in [6, 6.07) is 8.47. The maximum atomic E-state index is 11.8. The van der Waals surface area contributed by atoms with E-state index in [1.54, 1.807) is 12.6 Å². The summed E-state index contributed by atoms with van der Waals surface area (Å²) < 4.78 is 23.4. The van der Waals surface area contributed by atoms with Gasteiger partial charge in [0.05, 0.1) is 0 Å². The van der Waals surface area contributed by atoms with Crippen LogP contribution in [-0.4, -0.2) is 56.3 Å². The molecule has 1 atom stereocenters. The molecule has 0 bridgehead atoms. The standard InChI is InChI=1S/C23H28N6O3S/c1-15(2)22-26-23(32-27-22)28-9-7-17(8-10-28)31-21-13-20(24-14-25-21)29-11-6-16-12-18(33(3)30)4-5-19(16)29/h4-5,12-15,17H,6-11H2,1-3H3. The SMILES string of the molecule is CC(C)c1noc(N2CCC(Oc3cc(N4CCc5cc(S(C)=O)ccc54)ncn3)CC2)n1. The fourth-order valence-corrected chi connectivity index (χ4v) is 4.83. The minimum Gasteiger partial charge on any atom is -0.474 e. The maximum Gasteiger partial charge on any atom is 0.324 e. The van der Waals surface area contributed by atoms with Crippen molar-refractivity contribution >= 4 is 28.3 Å². The van der Waals surface area contributed by atoms with E-state index in [9.17, 15) is 4.21 Å². The van der Waals surface area contributed by atoms with Gasteiger partial charge >= 0.3 is 6.01 Å². The highest BCUT2D eigenvalue weighted by Gasteiger charge is 2.26. The lowest BCUT2D eigenvalue weighted by Gasteiger charge is -2.30. The normalized spacial score (nSPS) is 17.5. The maximum absolute atomic E-state index is 11.8. The van der Waals surface area contributed by atoms with Crippen LogP contribution in [0.4, 0.5) is 17.5 Å². The molecular formula is C23H28N6O3S. The Morgan fingerprint density at radius 1 is 1.15 bits per heavy atom.